The molecule has 138 valence electrons. The summed E-state index contributed by atoms with van der Waals surface area (Å²) in [4.78, 5) is 48.8. The summed E-state index contributed by atoms with van der Waals surface area (Å²) in [7, 11) is 0. The third-order valence-corrected chi connectivity index (χ3v) is 4.12. The number of benzene rings is 2. The van der Waals surface area contributed by atoms with Crippen LogP contribution in [0.25, 0.3) is 0 Å². The van der Waals surface area contributed by atoms with E-state index in [1.54, 1.807) is 24.3 Å². The number of rotatable bonds is 7. The lowest BCUT2D eigenvalue weighted by molar-refractivity contribution is -0.147. The highest BCUT2D eigenvalue weighted by atomic mass is 16.5. The molecule has 0 saturated heterocycles. The number of amides is 3. The number of ether oxygens (including phenoxy) is 1. The van der Waals surface area contributed by atoms with Gasteiger partial charge in [0.15, 0.2) is 6.73 Å². The van der Waals surface area contributed by atoms with Crippen molar-refractivity contribution in [3.8, 4) is 0 Å². The molecular formula is C20H18N2O5. The Labute approximate surface area is 155 Å². The summed E-state index contributed by atoms with van der Waals surface area (Å²) in [6.45, 7) is -0.0828. The number of hydrogen-bond acceptors (Lipinski definition) is 5. The van der Waals surface area contributed by atoms with Crippen LogP contribution in [-0.4, -0.2) is 35.3 Å². The molecule has 0 radical (unpaired) electrons. The van der Waals surface area contributed by atoms with E-state index < -0.39 is 24.5 Å². The molecule has 1 N–H and O–H groups in total. The molecule has 1 heterocycles. The quantitative estimate of drug-likeness (QED) is 0.597. The van der Waals surface area contributed by atoms with Crippen molar-refractivity contribution in [3.05, 3.63) is 71.3 Å². The van der Waals surface area contributed by atoms with Gasteiger partial charge in [0, 0.05) is 13.0 Å². The Hall–Kier alpha value is -3.48. The van der Waals surface area contributed by atoms with E-state index in [9.17, 15) is 19.2 Å². The van der Waals surface area contributed by atoms with E-state index in [0.29, 0.717) is 17.7 Å². The molecule has 1 aliphatic rings. The van der Waals surface area contributed by atoms with E-state index in [1.807, 2.05) is 30.3 Å². The molecule has 1 aliphatic heterocycles. The lowest BCUT2D eigenvalue weighted by atomic mass is 10.1. The summed E-state index contributed by atoms with van der Waals surface area (Å²) < 4.78 is 4.98. The number of fused-ring (bicyclic) bond motifs is 1. The van der Waals surface area contributed by atoms with Crippen LogP contribution in [0.2, 0.25) is 0 Å². The molecule has 3 rings (SSSR count). The molecule has 7 nitrogen and oxygen atoms in total. The fourth-order valence-corrected chi connectivity index (χ4v) is 2.67. The van der Waals surface area contributed by atoms with E-state index in [4.69, 9.17) is 4.74 Å². The Balaban J connectivity index is 1.41. The molecule has 2 aromatic rings. The Kier molecular flexibility index (Phi) is 5.61. The number of esters is 1. The zero-order valence-electron chi connectivity index (χ0n) is 14.5. The van der Waals surface area contributed by atoms with Crippen molar-refractivity contribution in [1.82, 2.24) is 10.2 Å². The third-order valence-electron chi connectivity index (χ3n) is 4.12. The van der Waals surface area contributed by atoms with Crippen molar-refractivity contribution < 1.29 is 23.9 Å². The van der Waals surface area contributed by atoms with Crippen LogP contribution < -0.4 is 5.32 Å². The number of nitrogens with zero attached hydrogens (tertiary/aromatic N) is 1. The molecule has 27 heavy (non-hydrogen) atoms. The average molecular weight is 366 g/mol. The van der Waals surface area contributed by atoms with Gasteiger partial charge in [-0.1, -0.05) is 42.5 Å². The van der Waals surface area contributed by atoms with Gasteiger partial charge in [-0.25, -0.2) is 4.90 Å². The largest absolute Gasteiger partial charge is 0.444 e. The second kappa shape index (κ2) is 8.27. The van der Waals surface area contributed by atoms with Crippen LogP contribution in [0.1, 0.15) is 39.1 Å². The number of carbonyl (C=O) groups excluding carboxylic acids is 4. The van der Waals surface area contributed by atoms with Crippen LogP contribution in [-0.2, 0) is 20.9 Å². The fourth-order valence-electron chi connectivity index (χ4n) is 2.67. The summed E-state index contributed by atoms with van der Waals surface area (Å²) in [6, 6.07) is 15.8. The molecule has 0 spiro atoms. The first-order chi connectivity index (χ1) is 13.1. The van der Waals surface area contributed by atoms with Gasteiger partial charge in [0.05, 0.1) is 17.5 Å². The van der Waals surface area contributed by atoms with Gasteiger partial charge in [0.1, 0.15) is 0 Å². The maximum absolute atomic E-state index is 12.2. The van der Waals surface area contributed by atoms with Crippen LogP contribution in [0.3, 0.4) is 0 Å². The van der Waals surface area contributed by atoms with Crippen molar-refractivity contribution in [2.75, 3.05) is 6.73 Å². The summed E-state index contributed by atoms with van der Waals surface area (Å²) in [5.74, 6) is -1.93. The Morgan fingerprint density at radius 1 is 0.852 bits per heavy atom. The van der Waals surface area contributed by atoms with Crippen molar-refractivity contribution in [3.63, 3.8) is 0 Å². The van der Waals surface area contributed by atoms with Gasteiger partial charge in [-0.05, 0) is 17.7 Å². The molecule has 0 aliphatic carbocycles. The van der Waals surface area contributed by atoms with E-state index >= 15 is 0 Å². The molecule has 0 unspecified atom stereocenters. The van der Waals surface area contributed by atoms with Gasteiger partial charge in [0.2, 0.25) is 5.91 Å². The van der Waals surface area contributed by atoms with Gasteiger partial charge in [-0.3, -0.25) is 19.2 Å². The monoisotopic (exact) mass is 366 g/mol. The minimum Gasteiger partial charge on any atom is -0.444 e. The number of nitrogens with one attached hydrogen (secondary N) is 1. The van der Waals surface area contributed by atoms with Gasteiger partial charge in [-0.15, -0.1) is 0 Å². The van der Waals surface area contributed by atoms with Crippen LogP contribution in [0.5, 0.6) is 0 Å². The Morgan fingerprint density at radius 3 is 2.07 bits per heavy atom. The summed E-state index contributed by atoms with van der Waals surface area (Å²) >= 11 is 0. The number of carbonyl (C=O) groups is 4. The van der Waals surface area contributed by atoms with Gasteiger partial charge >= 0.3 is 5.97 Å². The second-order valence-electron chi connectivity index (χ2n) is 5.99. The molecule has 0 aromatic heterocycles. The zero-order valence-corrected chi connectivity index (χ0v) is 14.5. The summed E-state index contributed by atoms with van der Waals surface area (Å²) in [6.07, 6.45) is -0.169. The minimum atomic E-state index is -0.651. The van der Waals surface area contributed by atoms with Crippen LogP contribution in [0, 0.1) is 0 Å². The smallest absolute Gasteiger partial charge is 0.308 e. The lowest BCUT2D eigenvalue weighted by Gasteiger charge is -2.13. The lowest BCUT2D eigenvalue weighted by Crippen LogP contribution is -2.33. The van der Waals surface area contributed by atoms with Gasteiger partial charge < -0.3 is 10.1 Å². The molecule has 0 bridgehead atoms. The molecular weight excluding hydrogens is 348 g/mol. The summed E-state index contributed by atoms with van der Waals surface area (Å²) in [5.41, 5.74) is 1.54. The zero-order chi connectivity index (χ0) is 19.2. The van der Waals surface area contributed by atoms with E-state index in [0.717, 1.165) is 10.5 Å². The van der Waals surface area contributed by atoms with Crippen molar-refractivity contribution >= 4 is 23.7 Å². The predicted octanol–water partition coefficient (Wildman–Crippen LogP) is 1.88. The molecule has 3 amide bonds. The molecule has 0 saturated carbocycles. The van der Waals surface area contributed by atoms with Crippen LogP contribution in [0.4, 0.5) is 0 Å². The molecule has 2 aromatic carbocycles. The highest BCUT2D eigenvalue weighted by Crippen LogP contribution is 2.22. The molecule has 0 fully saturated rings. The maximum Gasteiger partial charge on any atom is 0.308 e. The first-order valence-electron chi connectivity index (χ1n) is 8.47. The minimum absolute atomic E-state index is 0.0339. The van der Waals surface area contributed by atoms with Crippen LogP contribution in [0.15, 0.2) is 54.6 Å². The second-order valence-corrected chi connectivity index (χ2v) is 5.99. The maximum atomic E-state index is 12.2. The first kappa shape index (κ1) is 18.3. The van der Waals surface area contributed by atoms with Gasteiger partial charge in [0.25, 0.3) is 11.8 Å². The first-order valence-corrected chi connectivity index (χ1v) is 8.47. The predicted molar refractivity (Wildman–Crippen MR) is 95.4 cm³/mol. The number of imide groups is 1. The normalized spacial score (nSPS) is 12.7. The standard InChI is InChI=1S/C20H18N2O5/c23-17(21-12-14-6-2-1-3-7-14)10-11-18(24)27-13-22-19(25)15-8-4-5-9-16(15)20(22)26/h1-9H,10-13H2,(H,21,23). The molecule has 0 atom stereocenters. The average Bonchev–Trinajstić information content (AvgIpc) is 2.94. The summed E-state index contributed by atoms with van der Waals surface area (Å²) in [5, 5.41) is 2.71. The topological polar surface area (TPSA) is 92.8 Å². The van der Waals surface area contributed by atoms with E-state index in [2.05, 4.69) is 5.32 Å². The van der Waals surface area contributed by atoms with E-state index in [1.165, 1.54) is 0 Å². The SMILES string of the molecule is O=C(CCC(=O)OCN1C(=O)c2ccccc2C1=O)NCc1ccccc1. The van der Waals surface area contributed by atoms with Gasteiger partial charge in [-0.2, -0.15) is 0 Å². The Bertz CT molecular complexity index is 844. The van der Waals surface area contributed by atoms with Crippen molar-refractivity contribution in [2.24, 2.45) is 0 Å². The Morgan fingerprint density at radius 2 is 1.44 bits per heavy atom. The van der Waals surface area contributed by atoms with Crippen molar-refractivity contribution in [2.45, 2.75) is 19.4 Å². The fraction of sp³-hybridized carbons (Fsp3) is 0.200. The number of hydrogen-bond donors (Lipinski definition) is 1. The van der Waals surface area contributed by atoms with Crippen LogP contribution >= 0.6 is 0 Å². The van der Waals surface area contributed by atoms with Crippen molar-refractivity contribution in [1.29, 1.82) is 0 Å². The van der Waals surface area contributed by atoms with E-state index in [-0.39, 0.29) is 18.7 Å². The highest BCUT2D eigenvalue weighted by Gasteiger charge is 2.35. The third kappa shape index (κ3) is 4.38. The molecule has 7 heteroatoms. The highest BCUT2D eigenvalue weighted by molar-refractivity contribution is 6.21.